The highest BCUT2D eigenvalue weighted by Crippen LogP contribution is 2.28. The van der Waals surface area contributed by atoms with Crippen LogP contribution < -0.4 is 15.2 Å². The number of nitrogens with two attached hydrogens (primary N) is 1. The molecule has 0 aliphatic heterocycles. The zero-order valence-electron chi connectivity index (χ0n) is 13.2. The maximum atomic E-state index is 12.5. The molecule has 0 aromatic heterocycles. The number of carbonyl (C=O) groups is 1. The Balaban J connectivity index is 2.27. The Morgan fingerprint density at radius 2 is 2.09 bits per heavy atom. The number of ether oxygens (including phenoxy) is 2. The molecule has 1 aliphatic carbocycles. The van der Waals surface area contributed by atoms with E-state index >= 15 is 0 Å². The first-order chi connectivity index (χ1) is 10.9. The van der Waals surface area contributed by atoms with Crippen molar-refractivity contribution >= 4 is 16.0 Å². The minimum Gasteiger partial charge on any atom is -0.496 e. The highest BCUT2D eigenvalue weighted by molar-refractivity contribution is 7.89. The smallest absolute Gasteiger partial charge is 0.341 e. The van der Waals surface area contributed by atoms with Crippen molar-refractivity contribution in [3.63, 3.8) is 0 Å². The summed E-state index contributed by atoms with van der Waals surface area (Å²) in [7, 11) is -1.09. The van der Waals surface area contributed by atoms with E-state index in [-0.39, 0.29) is 28.2 Å². The monoisotopic (exact) mass is 342 g/mol. The third-order valence-electron chi connectivity index (χ3n) is 4.16. The van der Waals surface area contributed by atoms with Crippen LogP contribution in [0.2, 0.25) is 0 Å². The van der Waals surface area contributed by atoms with E-state index in [1.165, 1.54) is 32.4 Å². The van der Waals surface area contributed by atoms with Gasteiger partial charge in [-0.15, -0.1) is 0 Å². The van der Waals surface area contributed by atoms with Crippen molar-refractivity contribution in [2.75, 3.05) is 20.8 Å². The summed E-state index contributed by atoms with van der Waals surface area (Å²) in [6.45, 7) is 0.456. The molecule has 2 rings (SSSR count). The van der Waals surface area contributed by atoms with Gasteiger partial charge >= 0.3 is 5.97 Å². The van der Waals surface area contributed by atoms with Crippen LogP contribution in [0.15, 0.2) is 23.1 Å². The standard InChI is InChI=1S/C15H22N2O5S/c1-21-14-8-11(6-7-12(14)15(18)22-2)23(19,20)17-13-5-3-4-10(13)9-16/h6-8,10,13,17H,3-5,9,16H2,1-2H3. The molecule has 23 heavy (non-hydrogen) atoms. The van der Waals surface area contributed by atoms with Crippen molar-refractivity contribution < 1.29 is 22.7 Å². The lowest BCUT2D eigenvalue weighted by molar-refractivity contribution is 0.0597. The van der Waals surface area contributed by atoms with Gasteiger partial charge in [-0.1, -0.05) is 6.42 Å². The van der Waals surface area contributed by atoms with E-state index < -0.39 is 16.0 Å². The van der Waals surface area contributed by atoms with Gasteiger partial charge in [-0.3, -0.25) is 0 Å². The highest BCUT2D eigenvalue weighted by atomic mass is 32.2. The Kier molecular flexibility index (Phi) is 5.61. The van der Waals surface area contributed by atoms with E-state index in [2.05, 4.69) is 9.46 Å². The summed E-state index contributed by atoms with van der Waals surface area (Å²) in [6, 6.07) is 3.91. The third kappa shape index (κ3) is 3.82. The summed E-state index contributed by atoms with van der Waals surface area (Å²) in [5.74, 6) is -0.278. The topological polar surface area (TPSA) is 108 Å². The lowest BCUT2D eigenvalue weighted by Gasteiger charge is -2.19. The van der Waals surface area contributed by atoms with Crippen molar-refractivity contribution in [1.29, 1.82) is 0 Å². The number of hydrogen-bond acceptors (Lipinski definition) is 6. The van der Waals surface area contributed by atoms with Crippen molar-refractivity contribution in [3.05, 3.63) is 23.8 Å². The minimum absolute atomic E-state index is 0.0460. The van der Waals surface area contributed by atoms with Crippen molar-refractivity contribution in [2.45, 2.75) is 30.2 Å². The van der Waals surface area contributed by atoms with Gasteiger partial charge in [0.1, 0.15) is 11.3 Å². The second-order valence-corrected chi connectivity index (χ2v) is 7.22. The number of rotatable bonds is 6. The molecule has 1 aromatic carbocycles. The van der Waals surface area contributed by atoms with Crippen LogP contribution in [-0.4, -0.2) is 41.2 Å². The number of esters is 1. The van der Waals surface area contributed by atoms with E-state index in [0.717, 1.165) is 19.3 Å². The van der Waals surface area contributed by atoms with Crippen molar-refractivity contribution in [2.24, 2.45) is 11.7 Å². The number of methoxy groups -OCH3 is 2. The molecule has 8 heteroatoms. The number of benzene rings is 1. The molecule has 2 atom stereocenters. The van der Waals surface area contributed by atoms with Gasteiger partial charge in [-0.05, 0) is 37.4 Å². The lowest BCUT2D eigenvalue weighted by atomic mass is 10.1. The first kappa shape index (κ1) is 17.7. The normalized spacial score (nSPS) is 21.2. The number of nitrogens with one attached hydrogen (secondary N) is 1. The summed E-state index contributed by atoms with van der Waals surface area (Å²) in [6.07, 6.45) is 2.66. The van der Waals surface area contributed by atoms with Gasteiger partial charge in [0.2, 0.25) is 10.0 Å². The fourth-order valence-corrected chi connectivity index (χ4v) is 4.21. The maximum Gasteiger partial charge on any atom is 0.341 e. The fourth-order valence-electron chi connectivity index (χ4n) is 2.86. The highest BCUT2D eigenvalue weighted by Gasteiger charge is 2.30. The zero-order chi connectivity index (χ0) is 17.0. The first-order valence-electron chi connectivity index (χ1n) is 7.41. The van der Waals surface area contributed by atoms with Crippen molar-refractivity contribution in [3.8, 4) is 5.75 Å². The van der Waals surface area contributed by atoms with Crippen LogP contribution in [0.4, 0.5) is 0 Å². The largest absolute Gasteiger partial charge is 0.496 e. The quantitative estimate of drug-likeness (QED) is 0.743. The predicted octanol–water partition coefficient (Wildman–Crippen LogP) is 0.888. The Bertz CT molecular complexity index is 674. The molecule has 2 unspecified atom stereocenters. The van der Waals surface area contributed by atoms with Gasteiger partial charge in [-0.2, -0.15) is 0 Å². The van der Waals surface area contributed by atoms with Gasteiger partial charge in [0.15, 0.2) is 0 Å². The summed E-state index contributed by atoms with van der Waals surface area (Å²) < 4.78 is 37.5. The molecule has 1 aliphatic rings. The molecule has 0 bridgehead atoms. The van der Waals surface area contributed by atoms with E-state index in [4.69, 9.17) is 10.5 Å². The number of carbonyl (C=O) groups excluding carboxylic acids is 1. The molecule has 7 nitrogen and oxygen atoms in total. The molecular weight excluding hydrogens is 320 g/mol. The molecule has 3 N–H and O–H groups in total. The summed E-state index contributed by atoms with van der Waals surface area (Å²) in [5.41, 5.74) is 5.87. The van der Waals surface area contributed by atoms with Crippen LogP contribution in [0.5, 0.6) is 5.75 Å². The fraction of sp³-hybridized carbons (Fsp3) is 0.533. The zero-order valence-corrected chi connectivity index (χ0v) is 14.1. The predicted molar refractivity (Wildman–Crippen MR) is 84.8 cm³/mol. The lowest BCUT2D eigenvalue weighted by Crippen LogP contribution is -2.39. The summed E-state index contributed by atoms with van der Waals surface area (Å²) >= 11 is 0. The molecule has 0 saturated heterocycles. The Morgan fingerprint density at radius 1 is 1.35 bits per heavy atom. The number of sulfonamides is 1. The second kappa shape index (κ2) is 7.29. The molecule has 1 aromatic rings. The van der Waals surface area contributed by atoms with Crippen LogP contribution in [0, 0.1) is 5.92 Å². The van der Waals surface area contributed by atoms with Gasteiger partial charge in [0, 0.05) is 12.1 Å². The van der Waals surface area contributed by atoms with Crippen LogP contribution in [0.3, 0.4) is 0 Å². The average molecular weight is 342 g/mol. The van der Waals surface area contributed by atoms with E-state index in [9.17, 15) is 13.2 Å². The average Bonchev–Trinajstić information content (AvgIpc) is 2.99. The van der Waals surface area contributed by atoms with Gasteiger partial charge in [-0.25, -0.2) is 17.9 Å². The maximum absolute atomic E-state index is 12.5. The summed E-state index contributed by atoms with van der Waals surface area (Å²) in [5, 5.41) is 0. The summed E-state index contributed by atoms with van der Waals surface area (Å²) in [4.78, 5) is 11.7. The Labute approximate surface area is 136 Å². The van der Waals surface area contributed by atoms with Crippen LogP contribution in [-0.2, 0) is 14.8 Å². The molecule has 0 spiro atoms. The third-order valence-corrected chi connectivity index (χ3v) is 5.64. The molecule has 128 valence electrons. The molecule has 1 fully saturated rings. The van der Waals surface area contributed by atoms with Crippen molar-refractivity contribution in [1.82, 2.24) is 4.72 Å². The van der Waals surface area contributed by atoms with Gasteiger partial charge < -0.3 is 15.2 Å². The molecule has 0 amide bonds. The molecular formula is C15H22N2O5S. The van der Waals surface area contributed by atoms with Gasteiger partial charge in [0.05, 0.1) is 19.1 Å². The SMILES string of the molecule is COC(=O)c1ccc(S(=O)(=O)NC2CCCC2CN)cc1OC. The Morgan fingerprint density at radius 3 is 2.70 bits per heavy atom. The number of hydrogen-bond donors (Lipinski definition) is 2. The molecule has 0 heterocycles. The van der Waals surface area contributed by atoms with E-state index in [0.29, 0.717) is 6.54 Å². The van der Waals surface area contributed by atoms with Crippen LogP contribution in [0.1, 0.15) is 29.6 Å². The minimum atomic E-state index is -3.71. The van der Waals surface area contributed by atoms with Gasteiger partial charge in [0.25, 0.3) is 0 Å². The molecule has 0 radical (unpaired) electrons. The first-order valence-corrected chi connectivity index (χ1v) is 8.90. The van der Waals surface area contributed by atoms with Crippen LogP contribution in [0.25, 0.3) is 0 Å². The van der Waals surface area contributed by atoms with E-state index in [1.807, 2.05) is 0 Å². The second-order valence-electron chi connectivity index (χ2n) is 5.51. The van der Waals surface area contributed by atoms with Crippen LogP contribution >= 0.6 is 0 Å². The molecule has 1 saturated carbocycles. The van der Waals surface area contributed by atoms with E-state index in [1.54, 1.807) is 0 Å². The Hall–Kier alpha value is -1.64.